The number of anilines is 1. The lowest BCUT2D eigenvalue weighted by molar-refractivity contribution is 0.0855. The monoisotopic (exact) mass is 357 g/mol. The third-order valence-electron chi connectivity index (χ3n) is 5.17. The van der Waals surface area contributed by atoms with Gasteiger partial charge >= 0.3 is 0 Å². The van der Waals surface area contributed by atoms with E-state index in [2.05, 4.69) is 39.1 Å². The van der Waals surface area contributed by atoms with Crippen molar-refractivity contribution in [1.29, 1.82) is 0 Å². The Bertz CT molecular complexity index is 1030. The predicted octanol–water partition coefficient (Wildman–Crippen LogP) is 2.93. The SMILES string of the molecule is CN1C(=O)c2c(ncn2Cc2ccccc2)N2C1=NCC2c1ccccc1. The molecule has 0 radical (unpaired) electrons. The molecular formula is C21H19N5O. The van der Waals surface area contributed by atoms with Gasteiger partial charge in [-0.15, -0.1) is 0 Å². The molecule has 1 atom stereocenters. The molecule has 3 heterocycles. The molecule has 0 saturated heterocycles. The fourth-order valence-electron chi connectivity index (χ4n) is 3.82. The highest BCUT2D eigenvalue weighted by molar-refractivity contribution is 6.18. The molecule has 0 spiro atoms. The van der Waals surface area contributed by atoms with Crippen LogP contribution in [0.4, 0.5) is 5.82 Å². The molecule has 0 aliphatic carbocycles. The Kier molecular flexibility index (Phi) is 3.57. The highest BCUT2D eigenvalue weighted by atomic mass is 16.2. The van der Waals surface area contributed by atoms with Gasteiger partial charge < -0.3 is 4.57 Å². The number of nitrogens with zero attached hydrogens (tertiary/aromatic N) is 5. The van der Waals surface area contributed by atoms with Crippen LogP contribution in [-0.2, 0) is 6.54 Å². The van der Waals surface area contributed by atoms with Crippen LogP contribution in [0, 0.1) is 0 Å². The van der Waals surface area contributed by atoms with E-state index in [0.717, 1.165) is 5.56 Å². The first-order valence-corrected chi connectivity index (χ1v) is 9.00. The van der Waals surface area contributed by atoms with Crippen molar-refractivity contribution in [3.8, 4) is 0 Å². The fourth-order valence-corrected chi connectivity index (χ4v) is 3.82. The summed E-state index contributed by atoms with van der Waals surface area (Å²) in [6.07, 6.45) is 1.76. The molecule has 27 heavy (non-hydrogen) atoms. The van der Waals surface area contributed by atoms with Crippen molar-refractivity contribution >= 4 is 17.7 Å². The molecule has 134 valence electrons. The number of aliphatic imine (C=N–C) groups is 1. The van der Waals surface area contributed by atoms with Crippen molar-refractivity contribution in [2.45, 2.75) is 12.6 Å². The van der Waals surface area contributed by atoms with Gasteiger partial charge in [-0.05, 0) is 11.1 Å². The predicted molar refractivity (Wildman–Crippen MR) is 104 cm³/mol. The number of aromatic nitrogens is 2. The molecule has 0 saturated carbocycles. The number of guanidine groups is 1. The first-order chi connectivity index (χ1) is 13.2. The molecule has 3 aromatic rings. The maximum Gasteiger partial charge on any atom is 0.280 e. The van der Waals surface area contributed by atoms with E-state index in [9.17, 15) is 4.79 Å². The number of imidazole rings is 1. The smallest absolute Gasteiger partial charge is 0.280 e. The van der Waals surface area contributed by atoms with Gasteiger partial charge in [-0.1, -0.05) is 60.7 Å². The van der Waals surface area contributed by atoms with Crippen LogP contribution >= 0.6 is 0 Å². The summed E-state index contributed by atoms with van der Waals surface area (Å²) in [5, 5.41) is 0. The van der Waals surface area contributed by atoms with Crippen molar-refractivity contribution in [2.24, 2.45) is 4.99 Å². The number of amides is 1. The minimum absolute atomic E-state index is 0.0515. The summed E-state index contributed by atoms with van der Waals surface area (Å²) in [6.45, 7) is 1.22. The Morgan fingerprint density at radius 3 is 2.48 bits per heavy atom. The van der Waals surface area contributed by atoms with Crippen molar-refractivity contribution in [1.82, 2.24) is 14.5 Å². The van der Waals surface area contributed by atoms with Crippen molar-refractivity contribution in [3.05, 3.63) is 83.8 Å². The average Bonchev–Trinajstić information content (AvgIpc) is 3.32. The molecular weight excluding hydrogens is 338 g/mol. The third kappa shape index (κ3) is 2.44. The Morgan fingerprint density at radius 1 is 1.04 bits per heavy atom. The molecule has 2 aliphatic heterocycles. The zero-order valence-electron chi connectivity index (χ0n) is 15.0. The van der Waals surface area contributed by atoms with E-state index in [0.29, 0.717) is 30.6 Å². The van der Waals surface area contributed by atoms with Gasteiger partial charge in [0.15, 0.2) is 11.5 Å². The van der Waals surface area contributed by atoms with Gasteiger partial charge in [0.1, 0.15) is 0 Å². The lowest BCUT2D eigenvalue weighted by Crippen LogP contribution is -2.49. The molecule has 0 bridgehead atoms. The van der Waals surface area contributed by atoms with Gasteiger partial charge in [0, 0.05) is 13.6 Å². The van der Waals surface area contributed by atoms with E-state index in [1.807, 2.05) is 41.0 Å². The quantitative estimate of drug-likeness (QED) is 0.724. The van der Waals surface area contributed by atoms with E-state index in [1.165, 1.54) is 5.56 Å². The number of benzene rings is 2. The van der Waals surface area contributed by atoms with Crippen molar-refractivity contribution in [3.63, 3.8) is 0 Å². The van der Waals surface area contributed by atoms with Crippen LogP contribution in [0.25, 0.3) is 0 Å². The Labute approximate surface area is 157 Å². The number of hydrogen-bond acceptors (Lipinski definition) is 4. The number of hydrogen-bond donors (Lipinski definition) is 0. The van der Waals surface area contributed by atoms with Gasteiger partial charge in [-0.25, -0.2) is 9.98 Å². The zero-order valence-corrected chi connectivity index (χ0v) is 15.0. The van der Waals surface area contributed by atoms with Crippen LogP contribution < -0.4 is 4.90 Å². The summed E-state index contributed by atoms with van der Waals surface area (Å²) < 4.78 is 1.93. The van der Waals surface area contributed by atoms with Crippen LogP contribution in [0.5, 0.6) is 0 Å². The maximum atomic E-state index is 13.0. The second-order valence-electron chi connectivity index (χ2n) is 6.83. The average molecular weight is 357 g/mol. The lowest BCUT2D eigenvalue weighted by Gasteiger charge is -2.35. The zero-order chi connectivity index (χ0) is 18.4. The highest BCUT2D eigenvalue weighted by Crippen LogP contribution is 2.37. The third-order valence-corrected chi connectivity index (χ3v) is 5.17. The normalized spacial score (nSPS) is 18.3. The molecule has 1 amide bonds. The van der Waals surface area contributed by atoms with E-state index in [4.69, 9.17) is 0 Å². The van der Waals surface area contributed by atoms with E-state index in [1.54, 1.807) is 18.3 Å². The number of rotatable bonds is 3. The first kappa shape index (κ1) is 15.8. The maximum absolute atomic E-state index is 13.0. The molecule has 2 aromatic carbocycles. The Hall–Kier alpha value is -3.41. The van der Waals surface area contributed by atoms with Crippen molar-refractivity contribution < 1.29 is 4.79 Å². The summed E-state index contributed by atoms with van der Waals surface area (Å²) in [7, 11) is 1.78. The molecule has 1 unspecified atom stereocenters. The van der Waals surface area contributed by atoms with Gasteiger partial charge in [0.05, 0.1) is 18.9 Å². The van der Waals surface area contributed by atoms with Crippen LogP contribution in [0.3, 0.4) is 0 Å². The van der Waals surface area contributed by atoms with E-state index < -0.39 is 0 Å². The molecule has 1 aromatic heterocycles. The second kappa shape index (κ2) is 6.09. The molecule has 5 rings (SSSR count). The van der Waals surface area contributed by atoms with E-state index >= 15 is 0 Å². The number of carbonyl (C=O) groups excluding carboxylic acids is 1. The lowest BCUT2D eigenvalue weighted by atomic mass is 10.1. The van der Waals surface area contributed by atoms with E-state index in [-0.39, 0.29) is 11.9 Å². The summed E-state index contributed by atoms with van der Waals surface area (Å²) in [5.41, 5.74) is 2.92. The summed E-state index contributed by atoms with van der Waals surface area (Å²) in [6, 6.07) is 20.4. The van der Waals surface area contributed by atoms with Gasteiger partial charge in [-0.3, -0.25) is 14.6 Å². The second-order valence-corrected chi connectivity index (χ2v) is 6.83. The molecule has 0 N–H and O–H groups in total. The first-order valence-electron chi connectivity index (χ1n) is 9.00. The minimum Gasteiger partial charge on any atom is -0.320 e. The summed E-state index contributed by atoms with van der Waals surface area (Å²) in [4.78, 5) is 26.0. The molecule has 6 nitrogen and oxygen atoms in total. The molecule has 0 fully saturated rings. The summed E-state index contributed by atoms with van der Waals surface area (Å²) >= 11 is 0. The standard InChI is InChI=1S/C21H19N5O/c1-24-20(27)18-19(23-14-25(18)13-15-8-4-2-5-9-15)26-17(12-22-21(24)26)16-10-6-3-7-11-16/h2-11,14,17H,12-13H2,1H3. The largest absolute Gasteiger partial charge is 0.320 e. The molecule has 2 aliphatic rings. The minimum atomic E-state index is -0.0675. The van der Waals surface area contributed by atoms with Crippen molar-refractivity contribution in [2.75, 3.05) is 18.5 Å². The van der Waals surface area contributed by atoms with Crippen LogP contribution in [0.1, 0.15) is 27.7 Å². The number of carbonyl (C=O) groups is 1. The number of fused-ring (bicyclic) bond motifs is 3. The van der Waals surface area contributed by atoms with Crippen LogP contribution in [-0.4, -0.2) is 39.9 Å². The Morgan fingerprint density at radius 2 is 1.74 bits per heavy atom. The van der Waals surface area contributed by atoms with Crippen LogP contribution in [0.15, 0.2) is 72.0 Å². The molecule has 6 heteroatoms. The van der Waals surface area contributed by atoms with Gasteiger partial charge in [-0.2, -0.15) is 0 Å². The van der Waals surface area contributed by atoms with Crippen LogP contribution in [0.2, 0.25) is 0 Å². The summed E-state index contributed by atoms with van der Waals surface area (Å²) in [5.74, 6) is 1.30. The Balaban J connectivity index is 1.58. The van der Waals surface area contributed by atoms with Gasteiger partial charge in [0.25, 0.3) is 5.91 Å². The highest BCUT2D eigenvalue weighted by Gasteiger charge is 2.43. The topological polar surface area (TPSA) is 53.7 Å². The van der Waals surface area contributed by atoms with Gasteiger partial charge in [0.2, 0.25) is 5.96 Å². The fraction of sp³-hybridized carbons (Fsp3) is 0.190.